The van der Waals surface area contributed by atoms with Crippen LogP contribution in [-0.2, 0) is 6.54 Å². The van der Waals surface area contributed by atoms with E-state index in [1.54, 1.807) is 12.4 Å². The summed E-state index contributed by atoms with van der Waals surface area (Å²) in [7, 11) is 0. The van der Waals surface area contributed by atoms with Crippen LogP contribution < -0.4 is 16.1 Å². The number of carbonyl (C=O) groups is 2. The molecule has 7 nitrogen and oxygen atoms in total. The van der Waals surface area contributed by atoms with Crippen molar-refractivity contribution in [2.24, 2.45) is 5.92 Å². The van der Waals surface area contributed by atoms with Crippen molar-refractivity contribution in [3.05, 3.63) is 63.3 Å². The number of rotatable bonds is 7. The molecule has 31 heavy (non-hydrogen) atoms. The van der Waals surface area contributed by atoms with Crippen molar-refractivity contribution in [2.45, 2.75) is 64.5 Å². The lowest BCUT2D eigenvalue weighted by Gasteiger charge is -2.21. The molecule has 0 aromatic carbocycles. The minimum Gasteiger partial charge on any atom is -0.352 e. The van der Waals surface area contributed by atoms with Gasteiger partial charge in [-0.2, -0.15) is 0 Å². The van der Waals surface area contributed by atoms with Crippen LogP contribution in [0.15, 0.2) is 35.4 Å². The van der Waals surface area contributed by atoms with E-state index >= 15 is 0 Å². The summed E-state index contributed by atoms with van der Waals surface area (Å²) in [5.41, 5.74) is 1.11. The molecule has 2 aliphatic carbocycles. The van der Waals surface area contributed by atoms with Gasteiger partial charge in [0.15, 0.2) is 0 Å². The number of aromatic nitrogens is 2. The first-order valence-electron chi connectivity index (χ1n) is 11.3. The van der Waals surface area contributed by atoms with Crippen molar-refractivity contribution < 1.29 is 9.59 Å². The standard InChI is InChI=1S/C24H30N4O3/c1-16-6-5-9-18(27-16)13-26-24(31)21-15-28(19-10-11-19)14-20(22(21)29)23(30)25-12-17-7-3-2-4-8-17/h5-6,9,14-15,17,19H,2-4,7-8,10-13H2,1H3,(H,25,30)(H,26,31). The van der Waals surface area contributed by atoms with Gasteiger partial charge in [-0.1, -0.05) is 25.3 Å². The van der Waals surface area contributed by atoms with Gasteiger partial charge in [-0.3, -0.25) is 19.4 Å². The van der Waals surface area contributed by atoms with Gasteiger partial charge in [0.25, 0.3) is 11.8 Å². The Bertz CT molecular complexity index is 1020. The van der Waals surface area contributed by atoms with E-state index in [2.05, 4.69) is 15.6 Å². The summed E-state index contributed by atoms with van der Waals surface area (Å²) in [4.78, 5) is 43.0. The van der Waals surface area contributed by atoms with Crippen LogP contribution in [0.4, 0.5) is 0 Å². The molecule has 2 aromatic rings. The zero-order valence-electron chi connectivity index (χ0n) is 18.0. The molecule has 0 bridgehead atoms. The first-order chi connectivity index (χ1) is 15.0. The van der Waals surface area contributed by atoms with Crippen molar-refractivity contribution in [1.82, 2.24) is 20.2 Å². The second-order valence-corrected chi connectivity index (χ2v) is 8.76. The zero-order chi connectivity index (χ0) is 21.8. The van der Waals surface area contributed by atoms with Gasteiger partial charge in [0, 0.05) is 30.7 Å². The Labute approximate surface area is 182 Å². The minimum absolute atomic E-state index is 0.00451. The Kier molecular flexibility index (Phi) is 6.49. The Balaban J connectivity index is 1.50. The van der Waals surface area contributed by atoms with Crippen LogP contribution in [0.2, 0.25) is 0 Å². The highest BCUT2D eigenvalue weighted by Crippen LogP contribution is 2.34. The molecular formula is C24H30N4O3. The van der Waals surface area contributed by atoms with Gasteiger partial charge in [-0.05, 0) is 50.7 Å². The lowest BCUT2D eigenvalue weighted by Crippen LogP contribution is -2.37. The van der Waals surface area contributed by atoms with Crippen molar-refractivity contribution in [3.63, 3.8) is 0 Å². The third-order valence-corrected chi connectivity index (χ3v) is 6.16. The largest absolute Gasteiger partial charge is 0.352 e. The first kappa shape index (κ1) is 21.3. The fraction of sp³-hybridized carbons (Fsp3) is 0.500. The highest BCUT2D eigenvalue weighted by atomic mass is 16.2. The quantitative estimate of drug-likeness (QED) is 0.717. The number of hydrogen-bond acceptors (Lipinski definition) is 4. The molecule has 0 atom stereocenters. The van der Waals surface area contributed by atoms with E-state index in [-0.39, 0.29) is 29.6 Å². The molecule has 2 aliphatic rings. The van der Waals surface area contributed by atoms with E-state index in [1.807, 2.05) is 29.7 Å². The van der Waals surface area contributed by atoms with Crippen molar-refractivity contribution in [2.75, 3.05) is 6.54 Å². The molecule has 2 saturated carbocycles. The number of nitrogens with one attached hydrogen (secondary N) is 2. The van der Waals surface area contributed by atoms with Crippen LogP contribution in [0.3, 0.4) is 0 Å². The average Bonchev–Trinajstić information content (AvgIpc) is 3.62. The van der Waals surface area contributed by atoms with Crippen LogP contribution in [0.25, 0.3) is 0 Å². The zero-order valence-corrected chi connectivity index (χ0v) is 18.0. The van der Waals surface area contributed by atoms with E-state index in [9.17, 15) is 14.4 Å². The van der Waals surface area contributed by atoms with E-state index < -0.39 is 11.3 Å². The lowest BCUT2D eigenvalue weighted by molar-refractivity contribution is 0.0941. The van der Waals surface area contributed by atoms with Crippen LogP contribution in [0.1, 0.15) is 83.1 Å². The van der Waals surface area contributed by atoms with Crippen LogP contribution >= 0.6 is 0 Å². The maximum atomic E-state index is 13.0. The molecular weight excluding hydrogens is 392 g/mol. The molecule has 2 heterocycles. The van der Waals surface area contributed by atoms with Crippen LogP contribution in [0.5, 0.6) is 0 Å². The fourth-order valence-corrected chi connectivity index (χ4v) is 4.19. The topological polar surface area (TPSA) is 93.1 Å². The van der Waals surface area contributed by atoms with Gasteiger partial charge in [-0.25, -0.2) is 0 Å². The molecule has 4 rings (SSSR count). The average molecular weight is 423 g/mol. The summed E-state index contributed by atoms with van der Waals surface area (Å²) in [6, 6.07) is 5.83. The predicted octanol–water partition coefficient (Wildman–Crippen LogP) is 3.13. The van der Waals surface area contributed by atoms with E-state index in [0.717, 1.165) is 37.1 Å². The number of nitrogens with zero attached hydrogens (tertiary/aromatic N) is 2. The van der Waals surface area contributed by atoms with Gasteiger partial charge in [0.05, 0.1) is 12.2 Å². The molecule has 2 aromatic heterocycles. The molecule has 164 valence electrons. The monoisotopic (exact) mass is 422 g/mol. The maximum Gasteiger partial charge on any atom is 0.257 e. The Morgan fingerprint density at radius 3 is 2.32 bits per heavy atom. The number of amides is 2. The smallest absolute Gasteiger partial charge is 0.257 e. The molecule has 0 saturated heterocycles. The van der Waals surface area contributed by atoms with E-state index in [4.69, 9.17) is 0 Å². The molecule has 0 aliphatic heterocycles. The van der Waals surface area contributed by atoms with E-state index in [0.29, 0.717) is 12.5 Å². The number of hydrogen-bond donors (Lipinski definition) is 2. The molecule has 0 spiro atoms. The number of pyridine rings is 2. The van der Waals surface area contributed by atoms with Gasteiger partial charge in [0.1, 0.15) is 11.1 Å². The maximum absolute atomic E-state index is 13.0. The molecule has 2 amide bonds. The second-order valence-electron chi connectivity index (χ2n) is 8.76. The summed E-state index contributed by atoms with van der Waals surface area (Å²) < 4.78 is 1.84. The summed E-state index contributed by atoms with van der Waals surface area (Å²) >= 11 is 0. The van der Waals surface area contributed by atoms with Crippen molar-refractivity contribution >= 4 is 11.8 Å². The highest BCUT2D eigenvalue weighted by molar-refractivity contribution is 5.99. The van der Waals surface area contributed by atoms with Gasteiger partial charge in [0.2, 0.25) is 5.43 Å². The fourth-order valence-electron chi connectivity index (χ4n) is 4.19. The predicted molar refractivity (Wildman–Crippen MR) is 118 cm³/mol. The molecule has 0 radical (unpaired) electrons. The second kappa shape index (κ2) is 9.45. The van der Waals surface area contributed by atoms with Crippen molar-refractivity contribution in [1.29, 1.82) is 0 Å². The Morgan fingerprint density at radius 2 is 1.68 bits per heavy atom. The summed E-state index contributed by atoms with van der Waals surface area (Å²) in [5.74, 6) is -0.402. The molecule has 2 N–H and O–H groups in total. The minimum atomic E-state index is -0.521. The number of carbonyl (C=O) groups excluding carboxylic acids is 2. The number of aryl methyl sites for hydroxylation is 1. The van der Waals surface area contributed by atoms with E-state index in [1.165, 1.54) is 19.3 Å². The molecule has 2 fully saturated rings. The third-order valence-electron chi connectivity index (χ3n) is 6.16. The van der Waals surface area contributed by atoms with Crippen LogP contribution in [-0.4, -0.2) is 27.9 Å². The Hall–Kier alpha value is -2.96. The normalized spacial score (nSPS) is 16.7. The summed E-state index contributed by atoms with van der Waals surface area (Å²) in [6.45, 7) is 2.69. The van der Waals surface area contributed by atoms with Gasteiger partial charge in [-0.15, -0.1) is 0 Å². The molecule has 0 unspecified atom stereocenters. The highest BCUT2D eigenvalue weighted by Gasteiger charge is 2.27. The third kappa shape index (κ3) is 5.40. The SMILES string of the molecule is Cc1cccc(CNC(=O)c2cn(C3CC3)cc(C(=O)NCC3CCCCC3)c2=O)n1. The van der Waals surface area contributed by atoms with Crippen molar-refractivity contribution in [3.8, 4) is 0 Å². The van der Waals surface area contributed by atoms with Crippen LogP contribution in [0, 0.1) is 12.8 Å². The summed E-state index contributed by atoms with van der Waals surface area (Å²) in [6.07, 6.45) is 11.0. The first-order valence-corrected chi connectivity index (χ1v) is 11.3. The van der Waals surface area contributed by atoms with Gasteiger partial charge < -0.3 is 15.2 Å². The van der Waals surface area contributed by atoms with Gasteiger partial charge >= 0.3 is 0 Å². The molecule has 7 heteroatoms. The Morgan fingerprint density at radius 1 is 1.00 bits per heavy atom. The summed E-state index contributed by atoms with van der Waals surface area (Å²) in [5, 5.41) is 5.71. The lowest BCUT2D eigenvalue weighted by atomic mass is 9.89.